The third-order valence-electron chi connectivity index (χ3n) is 13.7. The predicted molar refractivity (Wildman–Crippen MR) is 345 cm³/mol. The Balaban J connectivity index is 4.23. The minimum atomic E-state index is -1.52. The van der Waals surface area contributed by atoms with E-state index in [1.165, 1.54) is 122 Å². The highest BCUT2D eigenvalue weighted by Gasteiger charge is 2.25. The van der Waals surface area contributed by atoms with E-state index in [1.54, 1.807) is 0 Å². The number of quaternary nitrogens is 1. The summed E-state index contributed by atoms with van der Waals surface area (Å²) in [4.78, 5) is 37.5. The van der Waals surface area contributed by atoms with Crippen LogP contribution in [0.3, 0.4) is 0 Å². The van der Waals surface area contributed by atoms with E-state index in [0.717, 1.165) is 103 Å². The molecule has 1 N–H and O–H groups in total. The number of likely N-dealkylation sites (N-methyl/N-ethyl adjacent to an activating group) is 1. The molecule has 0 aromatic rings. The van der Waals surface area contributed by atoms with Gasteiger partial charge in [0.05, 0.1) is 34.4 Å². The van der Waals surface area contributed by atoms with Crippen molar-refractivity contribution in [3.8, 4) is 0 Å². The van der Waals surface area contributed by atoms with Gasteiger partial charge in [-0.2, -0.15) is 0 Å². The normalized spacial score (nSPS) is 13.5. The predicted octanol–water partition coefficient (Wildman–Crippen LogP) is 20.0. The number of carboxylic acids is 1. The van der Waals surface area contributed by atoms with Gasteiger partial charge in [0.25, 0.3) is 6.29 Å². The molecule has 0 amide bonds. The Bertz CT molecular complexity index is 1740. The molecule has 9 nitrogen and oxygen atoms in total. The fraction of sp³-hybridized carbons (Fsp3) is 0.681. The van der Waals surface area contributed by atoms with E-state index in [4.69, 9.17) is 18.9 Å². The number of nitrogens with zero attached hydrogens (tertiary/aromatic N) is 1. The molecule has 9 heteroatoms. The average Bonchev–Trinajstić information content (AvgIpc) is 3.44. The van der Waals surface area contributed by atoms with Crippen molar-refractivity contribution in [2.45, 2.75) is 270 Å². The third-order valence-corrected chi connectivity index (χ3v) is 13.7. The van der Waals surface area contributed by atoms with Crippen LogP contribution in [0.5, 0.6) is 0 Å². The van der Waals surface area contributed by atoms with E-state index >= 15 is 0 Å². The van der Waals surface area contributed by atoms with Gasteiger partial charge in [0.15, 0.2) is 6.10 Å². The first-order valence-electron chi connectivity index (χ1n) is 32.7. The van der Waals surface area contributed by atoms with Gasteiger partial charge in [-0.1, -0.05) is 257 Å². The number of carbonyl (C=O) groups excluding carboxylic acids is 2. The van der Waals surface area contributed by atoms with Crippen molar-refractivity contribution < 1.29 is 42.9 Å². The molecular weight excluding hydrogens is 1010 g/mol. The van der Waals surface area contributed by atoms with Crippen LogP contribution in [0.25, 0.3) is 0 Å². The van der Waals surface area contributed by atoms with Gasteiger partial charge in [-0.15, -0.1) is 0 Å². The van der Waals surface area contributed by atoms with E-state index < -0.39 is 24.3 Å². The second-order valence-electron chi connectivity index (χ2n) is 22.7. The van der Waals surface area contributed by atoms with Gasteiger partial charge in [0.2, 0.25) is 0 Å². The van der Waals surface area contributed by atoms with Crippen LogP contribution in [-0.2, 0) is 33.3 Å². The number of ether oxygens (including phenoxy) is 4. The zero-order valence-corrected chi connectivity index (χ0v) is 52.7. The molecule has 462 valence electrons. The quantitative estimate of drug-likeness (QED) is 0.0211. The topological polar surface area (TPSA) is 108 Å². The van der Waals surface area contributed by atoms with E-state index in [9.17, 15) is 19.5 Å². The molecule has 0 spiro atoms. The first-order chi connectivity index (χ1) is 39.6. The van der Waals surface area contributed by atoms with Crippen LogP contribution in [0, 0.1) is 0 Å². The molecule has 0 aromatic carbocycles. The molecule has 81 heavy (non-hydrogen) atoms. The maximum absolute atomic E-state index is 12.9. The molecule has 2 atom stereocenters. The van der Waals surface area contributed by atoms with Crippen LogP contribution in [0.2, 0.25) is 0 Å². The summed E-state index contributed by atoms with van der Waals surface area (Å²) in [6, 6.07) is 0. The molecule has 0 saturated carbocycles. The van der Waals surface area contributed by atoms with Gasteiger partial charge in [-0.3, -0.25) is 9.59 Å². The molecule has 0 aliphatic heterocycles. The fourth-order valence-corrected chi connectivity index (χ4v) is 8.71. The fourth-order valence-electron chi connectivity index (χ4n) is 8.71. The van der Waals surface area contributed by atoms with Crippen LogP contribution in [0.15, 0.2) is 122 Å². The lowest BCUT2D eigenvalue weighted by Crippen LogP contribution is -2.40. The van der Waals surface area contributed by atoms with Crippen LogP contribution >= 0.6 is 0 Å². The number of carboxylic acid groups (broad SMARTS) is 1. The van der Waals surface area contributed by atoms with Crippen LogP contribution in [-0.4, -0.2) is 87.4 Å². The highest BCUT2D eigenvalue weighted by atomic mass is 16.7. The Kier molecular flexibility index (Phi) is 58.5. The summed E-state index contributed by atoms with van der Waals surface area (Å²) in [5, 5.41) is 9.73. The Labute approximate surface area is 497 Å². The average molecular weight is 1130 g/mol. The van der Waals surface area contributed by atoms with Gasteiger partial charge in [0, 0.05) is 12.8 Å². The van der Waals surface area contributed by atoms with Crippen molar-refractivity contribution in [2.24, 2.45) is 0 Å². The van der Waals surface area contributed by atoms with Crippen LogP contribution in [0.1, 0.15) is 258 Å². The van der Waals surface area contributed by atoms with Crippen molar-refractivity contribution in [1.82, 2.24) is 0 Å². The van der Waals surface area contributed by atoms with Gasteiger partial charge in [-0.25, -0.2) is 4.79 Å². The molecule has 2 unspecified atom stereocenters. The smallest absolute Gasteiger partial charge is 0.361 e. The molecule has 0 radical (unpaired) electrons. The van der Waals surface area contributed by atoms with E-state index in [0.29, 0.717) is 23.9 Å². The van der Waals surface area contributed by atoms with E-state index in [-0.39, 0.29) is 32.2 Å². The summed E-state index contributed by atoms with van der Waals surface area (Å²) in [6.07, 6.45) is 84.3. The molecule has 0 aliphatic rings. The number of hydrogen-bond acceptors (Lipinski definition) is 7. The monoisotopic (exact) mass is 1130 g/mol. The largest absolute Gasteiger partial charge is 0.477 e. The van der Waals surface area contributed by atoms with Gasteiger partial charge >= 0.3 is 17.9 Å². The van der Waals surface area contributed by atoms with E-state index in [2.05, 4.69) is 135 Å². The number of rotatable bonds is 59. The number of aliphatic carboxylic acids is 1. The molecule has 0 aliphatic carbocycles. The first kappa shape index (κ1) is 76.7. The Hall–Kier alpha value is -4.31. The first-order valence-corrected chi connectivity index (χ1v) is 32.7. The number of allylic oxidation sites excluding steroid dienone is 20. The highest BCUT2D eigenvalue weighted by Crippen LogP contribution is 2.15. The highest BCUT2D eigenvalue weighted by molar-refractivity contribution is 5.71. The number of unbranched alkanes of at least 4 members (excludes halogenated alkanes) is 24. The maximum Gasteiger partial charge on any atom is 0.361 e. The van der Waals surface area contributed by atoms with Gasteiger partial charge in [0.1, 0.15) is 13.2 Å². The van der Waals surface area contributed by atoms with Crippen molar-refractivity contribution >= 4 is 17.9 Å². The van der Waals surface area contributed by atoms with Crippen molar-refractivity contribution in [3.63, 3.8) is 0 Å². The minimum Gasteiger partial charge on any atom is -0.477 e. The molecule has 0 bridgehead atoms. The lowest BCUT2D eigenvalue weighted by atomic mass is 10.1. The van der Waals surface area contributed by atoms with Crippen molar-refractivity contribution in [3.05, 3.63) is 122 Å². The molecular formula is C72H122NO8+. The summed E-state index contributed by atoms with van der Waals surface area (Å²) in [5.41, 5.74) is 0. The molecule has 0 aromatic heterocycles. The minimum absolute atomic E-state index is 0.179. The summed E-state index contributed by atoms with van der Waals surface area (Å²) in [7, 11) is 5.96. The Morgan fingerprint density at radius 2 is 0.704 bits per heavy atom. The standard InChI is InChI=1S/C72H121NO8/c1-6-8-10-12-14-16-18-20-22-24-26-28-29-30-31-32-33-34-35-36-37-38-39-40-41-43-45-47-49-51-53-55-57-59-61-63-70(75)81-68(67-80-72(71(76)77)78-65-64-73(3,4)5)66-79-69(74)62-60-58-56-54-52-50-48-46-44-42-27-25-23-21-19-17-15-13-11-9-7-2/h8,10,14,16,20,22,25-28,30-31,33-34,36-37,39-40,43,45,68,72H,6-7,9,11-13,15,17-19,21,23-24,29,32,35,38,41-42,44,46-67H2,1-5H3/p+1/b10-8-,16-14-,22-20-,27-25-,28-26-,31-30-,34-33-,37-36-,40-39-,45-43-. The third kappa shape index (κ3) is 63.1. The molecule has 0 rings (SSSR count). The summed E-state index contributed by atoms with van der Waals surface area (Å²) < 4.78 is 22.9. The van der Waals surface area contributed by atoms with Crippen molar-refractivity contribution in [1.29, 1.82) is 0 Å². The van der Waals surface area contributed by atoms with Gasteiger partial charge < -0.3 is 28.5 Å². The number of esters is 2. The number of hydrogen-bond donors (Lipinski definition) is 1. The zero-order chi connectivity index (χ0) is 59.1. The summed E-state index contributed by atoms with van der Waals surface area (Å²) in [5.74, 6) is -2.03. The summed E-state index contributed by atoms with van der Waals surface area (Å²) in [6.45, 7) is 4.75. The maximum atomic E-state index is 12.9. The lowest BCUT2D eigenvalue weighted by Gasteiger charge is -2.25. The Morgan fingerprint density at radius 3 is 1.06 bits per heavy atom. The lowest BCUT2D eigenvalue weighted by molar-refractivity contribution is -0.870. The second-order valence-corrected chi connectivity index (χ2v) is 22.7. The van der Waals surface area contributed by atoms with E-state index in [1.807, 2.05) is 21.1 Å². The molecule has 0 saturated heterocycles. The molecule has 0 heterocycles. The van der Waals surface area contributed by atoms with Crippen LogP contribution < -0.4 is 0 Å². The SMILES string of the molecule is CC/C=C\C/C=C\C/C=C\C/C=C\C/C=C\C/C=C\C/C=C\C/C=C\C/C=C\CCCCCCCCCC(=O)OC(COC(=O)CCCCCCCCCCC/C=C\CCCCCCCCCC)COC(OCC[N+](C)(C)C)C(=O)O. The van der Waals surface area contributed by atoms with Crippen LogP contribution in [0.4, 0.5) is 0 Å². The number of carbonyl (C=O) groups is 3. The summed E-state index contributed by atoms with van der Waals surface area (Å²) >= 11 is 0. The van der Waals surface area contributed by atoms with Crippen molar-refractivity contribution in [2.75, 3.05) is 47.5 Å². The second kappa shape index (κ2) is 61.8. The zero-order valence-electron chi connectivity index (χ0n) is 52.7. The Morgan fingerprint density at radius 1 is 0.383 bits per heavy atom. The molecule has 0 fully saturated rings. The van der Waals surface area contributed by atoms with Gasteiger partial charge in [-0.05, 0) is 109 Å².